The third-order valence-corrected chi connectivity index (χ3v) is 0.871. The number of rotatable bonds is 2. The number of hydrogen-bond acceptors (Lipinski definition) is 8. The molecule has 2 aromatic heterocycles. The van der Waals surface area contributed by atoms with Gasteiger partial charge in [0.15, 0.2) is 0 Å². The molecule has 2 rings (SSSR count). The summed E-state index contributed by atoms with van der Waals surface area (Å²) in [7, 11) is 0. The van der Waals surface area contributed by atoms with Crippen LogP contribution in [0.15, 0.2) is 10.2 Å². The standard InChI is InChI=1S/C2HN10.Na/c3(1-5-9-10-6-1)4-2-7-11-12-8-2;/h(H-,5,6,7,8,9,10,11,12);/q-1;+1/b4-3+;. The van der Waals surface area contributed by atoms with Gasteiger partial charge in [-0.05, 0) is 5.21 Å². The summed E-state index contributed by atoms with van der Waals surface area (Å²) in [5.74, 6) is 0.152. The van der Waals surface area contributed by atoms with E-state index in [4.69, 9.17) is 0 Å². The van der Waals surface area contributed by atoms with Gasteiger partial charge in [0.2, 0.25) is 0 Å². The average Bonchev–Trinajstić information content (AvgIpc) is 2.74. The normalized spacial score (nSPS) is 10.2. The van der Waals surface area contributed by atoms with Crippen molar-refractivity contribution in [2.45, 2.75) is 0 Å². The Morgan fingerprint density at radius 1 is 1.23 bits per heavy atom. The van der Waals surface area contributed by atoms with E-state index in [1.807, 2.05) is 0 Å². The number of hydrogen-bond donors (Lipinski definition) is 1. The Balaban J connectivity index is 0.000000845. The molecule has 0 bridgehead atoms. The van der Waals surface area contributed by atoms with Crippen LogP contribution < -0.4 is 34.7 Å². The van der Waals surface area contributed by atoms with Crippen LogP contribution in [0.25, 0.3) is 0 Å². The fraction of sp³-hybridized carbons (Fsp3) is 0. The van der Waals surface area contributed by atoms with Crippen LogP contribution in [0.1, 0.15) is 0 Å². The van der Waals surface area contributed by atoms with Crippen molar-refractivity contribution in [3.8, 4) is 0 Å². The van der Waals surface area contributed by atoms with E-state index in [1.54, 1.807) is 0 Å². The molecule has 0 fully saturated rings. The fourth-order valence-electron chi connectivity index (χ4n) is 0.468. The Bertz CT molecular complexity index is 310. The predicted molar refractivity (Wildman–Crippen MR) is 31.5 cm³/mol. The van der Waals surface area contributed by atoms with E-state index in [-0.39, 0.29) is 41.5 Å². The summed E-state index contributed by atoms with van der Waals surface area (Å²) in [4.78, 5) is 0. The topological polar surface area (TPSA) is 132 Å². The van der Waals surface area contributed by atoms with E-state index in [0.717, 1.165) is 0 Å². The van der Waals surface area contributed by atoms with Crippen LogP contribution in [0.4, 0.5) is 11.9 Å². The van der Waals surface area contributed by atoms with Crippen molar-refractivity contribution in [2.75, 3.05) is 0 Å². The summed E-state index contributed by atoms with van der Waals surface area (Å²) in [6.45, 7) is 0. The van der Waals surface area contributed by atoms with E-state index >= 15 is 0 Å². The van der Waals surface area contributed by atoms with Gasteiger partial charge in [-0.1, -0.05) is 5.10 Å². The Morgan fingerprint density at radius 3 is 2.77 bits per heavy atom. The molecule has 2 heterocycles. The molecule has 2 aromatic rings. The van der Waals surface area contributed by atoms with Gasteiger partial charge in [-0.25, -0.2) is 10.2 Å². The van der Waals surface area contributed by atoms with Gasteiger partial charge in [-0.2, -0.15) is 15.5 Å². The van der Waals surface area contributed by atoms with Crippen LogP contribution in [-0.4, -0.2) is 36.1 Å². The molecule has 11 heteroatoms. The van der Waals surface area contributed by atoms with E-state index < -0.39 is 0 Å². The Hall–Kier alpha value is -1.26. The first-order valence-corrected chi connectivity index (χ1v) is 2.79. The molecule has 0 aliphatic rings. The summed E-state index contributed by atoms with van der Waals surface area (Å²) in [5, 5.41) is 32.7. The molecular formula is C2HN10Na. The zero-order valence-corrected chi connectivity index (χ0v) is 8.52. The molecule has 0 aliphatic heterocycles. The van der Waals surface area contributed by atoms with Gasteiger partial charge in [0.05, 0.1) is 0 Å². The molecule has 0 amide bonds. The number of aromatic nitrogens is 8. The first-order valence-electron chi connectivity index (χ1n) is 2.79. The molecule has 10 nitrogen and oxygen atoms in total. The van der Waals surface area contributed by atoms with Crippen molar-refractivity contribution in [3.05, 3.63) is 0 Å². The van der Waals surface area contributed by atoms with E-state index in [2.05, 4.69) is 51.5 Å². The number of nitrogens with one attached hydrogen (secondary N) is 1. The molecule has 1 N–H and O–H groups in total. The van der Waals surface area contributed by atoms with Gasteiger partial charge in [-0.3, -0.25) is 5.10 Å². The van der Waals surface area contributed by atoms with Crippen molar-refractivity contribution in [3.63, 3.8) is 0 Å². The van der Waals surface area contributed by atoms with E-state index in [9.17, 15) is 0 Å². The number of tetrazole rings is 2. The summed E-state index contributed by atoms with van der Waals surface area (Å²) in [6.07, 6.45) is 0. The molecule has 0 radical (unpaired) electrons. The summed E-state index contributed by atoms with van der Waals surface area (Å²) >= 11 is 0. The second kappa shape index (κ2) is 4.69. The van der Waals surface area contributed by atoms with Gasteiger partial charge in [0, 0.05) is 0 Å². The SMILES string of the molecule is N(=N\c1nnn[n-]1)/c1nn[nH]n1.[Na+]. The van der Waals surface area contributed by atoms with Crippen molar-refractivity contribution >= 4 is 11.9 Å². The Labute approximate surface area is 92.9 Å². The van der Waals surface area contributed by atoms with Crippen LogP contribution >= 0.6 is 0 Å². The number of aromatic amines is 1. The van der Waals surface area contributed by atoms with Crippen LogP contribution in [0, 0.1) is 0 Å². The third kappa shape index (κ3) is 2.61. The fourth-order valence-corrected chi connectivity index (χ4v) is 0.468. The van der Waals surface area contributed by atoms with Crippen molar-refractivity contribution in [1.82, 2.24) is 41.2 Å². The predicted octanol–water partition coefficient (Wildman–Crippen LogP) is -4.24. The Kier molecular flexibility index (Phi) is 3.54. The molecule has 0 aliphatic carbocycles. The first kappa shape index (κ1) is 9.83. The van der Waals surface area contributed by atoms with Crippen LogP contribution in [0.5, 0.6) is 0 Å². The van der Waals surface area contributed by atoms with Gasteiger partial charge in [0.25, 0.3) is 5.95 Å². The molecule has 0 spiro atoms. The molecular weight excluding hydrogens is 187 g/mol. The monoisotopic (exact) mass is 188 g/mol. The molecule has 60 valence electrons. The Morgan fingerprint density at radius 2 is 2.15 bits per heavy atom. The second-order valence-corrected chi connectivity index (χ2v) is 1.59. The van der Waals surface area contributed by atoms with Gasteiger partial charge in [0.1, 0.15) is 5.95 Å². The molecule has 0 unspecified atom stereocenters. The van der Waals surface area contributed by atoms with Gasteiger partial charge >= 0.3 is 29.6 Å². The minimum Gasteiger partial charge on any atom is -0.266 e. The largest absolute Gasteiger partial charge is 1.00 e. The van der Waals surface area contributed by atoms with Crippen molar-refractivity contribution in [1.29, 1.82) is 0 Å². The maximum Gasteiger partial charge on any atom is 1.00 e. The number of nitrogens with zero attached hydrogens (tertiary/aromatic N) is 9. The minimum atomic E-state index is 0. The molecule has 0 atom stereocenters. The summed E-state index contributed by atoms with van der Waals surface area (Å²) in [6, 6.07) is 0. The van der Waals surface area contributed by atoms with E-state index in [0.29, 0.717) is 0 Å². The maximum absolute atomic E-state index is 3.51. The number of azo groups is 1. The number of H-pyrrole nitrogens is 1. The smallest absolute Gasteiger partial charge is 0.266 e. The van der Waals surface area contributed by atoms with Crippen LogP contribution in [-0.2, 0) is 0 Å². The van der Waals surface area contributed by atoms with Crippen LogP contribution in [0.3, 0.4) is 0 Å². The second-order valence-electron chi connectivity index (χ2n) is 1.59. The molecule has 0 saturated carbocycles. The third-order valence-electron chi connectivity index (χ3n) is 0.871. The summed E-state index contributed by atoms with van der Waals surface area (Å²) < 4.78 is 0. The molecule has 0 aromatic carbocycles. The minimum absolute atomic E-state index is 0. The zero-order valence-electron chi connectivity index (χ0n) is 6.52. The molecule has 0 saturated heterocycles. The van der Waals surface area contributed by atoms with Crippen molar-refractivity contribution < 1.29 is 29.6 Å². The van der Waals surface area contributed by atoms with Gasteiger partial charge < -0.3 is 0 Å². The molecule has 13 heavy (non-hydrogen) atoms. The zero-order chi connectivity index (χ0) is 8.23. The van der Waals surface area contributed by atoms with Crippen molar-refractivity contribution in [2.24, 2.45) is 10.2 Å². The van der Waals surface area contributed by atoms with Gasteiger partial charge in [-0.15, -0.1) is 10.3 Å². The summed E-state index contributed by atoms with van der Waals surface area (Å²) in [5.41, 5.74) is 0. The quantitative estimate of drug-likeness (QED) is 0.372. The van der Waals surface area contributed by atoms with E-state index in [1.165, 1.54) is 0 Å². The average molecular weight is 188 g/mol. The first-order chi connectivity index (χ1) is 5.95. The maximum atomic E-state index is 3.51. The van der Waals surface area contributed by atoms with Crippen LogP contribution in [0.2, 0.25) is 0 Å².